The van der Waals surface area contributed by atoms with Crippen LogP contribution in [0.4, 0.5) is 5.69 Å². The van der Waals surface area contributed by atoms with E-state index < -0.39 is 0 Å². The van der Waals surface area contributed by atoms with Gasteiger partial charge in [-0.1, -0.05) is 12.1 Å². The van der Waals surface area contributed by atoms with E-state index in [0.29, 0.717) is 11.3 Å². The van der Waals surface area contributed by atoms with Gasteiger partial charge in [-0.25, -0.2) is 0 Å². The topological polar surface area (TPSA) is 58.6 Å². The van der Waals surface area contributed by atoms with Crippen molar-refractivity contribution in [1.29, 1.82) is 0 Å². The first-order chi connectivity index (χ1) is 8.06. The van der Waals surface area contributed by atoms with Crippen molar-refractivity contribution in [3.63, 3.8) is 0 Å². The second-order valence-electron chi connectivity index (χ2n) is 3.67. The lowest BCUT2D eigenvalue weighted by atomic mass is 10.1. The molecule has 0 heterocycles. The number of carbonyl (C=O) groups is 2. The van der Waals surface area contributed by atoms with Crippen molar-refractivity contribution in [1.82, 2.24) is 4.90 Å². The molecule has 1 aromatic carbocycles. The molecule has 1 aromatic rings. The third-order valence-electron chi connectivity index (χ3n) is 2.21. The Morgan fingerprint density at radius 3 is 2.53 bits per heavy atom. The van der Waals surface area contributed by atoms with Crippen LogP contribution in [0.15, 0.2) is 24.3 Å². The van der Waals surface area contributed by atoms with E-state index in [2.05, 4.69) is 10.1 Å². The number of rotatable bonds is 4. The number of para-hydroxylation sites is 1. The summed E-state index contributed by atoms with van der Waals surface area (Å²) in [6.45, 7) is 0.0359. The Labute approximate surface area is 100 Å². The fraction of sp³-hybridized carbons (Fsp3) is 0.333. The van der Waals surface area contributed by atoms with Crippen LogP contribution in [0, 0.1) is 0 Å². The summed E-state index contributed by atoms with van der Waals surface area (Å²) in [4.78, 5) is 24.4. The number of amides is 1. The maximum atomic E-state index is 11.8. The first-order valence-corrected chi connectivity index (χ1v) is 5.17. The minimum Gasteiger partial charge on any atom is -0.468 e. The molecule has 0 aliphatic rings. The molecule has 0 atom stereocenters. The Morgan fingerprint density at radius 1 is 1.29 bits per heavy atom. The molecule has 0 saturated heterocycles. The highest BCUT2D eigenvalue weighted by Crippen LogP contribution is 2.16. The van der Waals surface area contributed by atoms with Gasteiger partial charge in [0.2, 0.25) is 0 Å². The molecule has 0 saturated carbocycles. The molecule has 0 aromatic heterocycles. The van der Waals surface area contributed by atoms with Crippen LogP contribution < -0.4 is 5.32 Å². The van der Waals surface area contributed by atoms with Gasteiger partial charge in [-0.3, -0.25) is 9.59 Å². The third-order valence-corrected chi connectivity index (χ3v) is 2.21. The second kappa shape index (κ2) is 5.89. The first-order valence-electron chi connectivity index (χ1n) is 5.17. The molecule has 1 N–H and O–H groups in total. The lowest BCUT2D eigenvalue weighted by Crippen LogP contribution is -2.24. The number of carbonyl (C=O) groups excluding carboxylic acids is 2. The average Bonchev–Trinajstić information content (AvgIpc) is 2.35. The lowest BCUT2D eigenvalue weighted by Gasteiger charge is -2.14. The Balaban J connectivity index is 2.85. The van der Waals surface area contributed by atoms with Crippen molar-refractivity contribution < 1.29 is 14.3 Å². The highest BCUT2D eigenvalue weighted by molar-refractivity contribution is 5.99. The van der Waals surface area contributed by atoms with E-state index in [9.17, 15) is 9.59 Å². The molecular weight excluding hydrogens is 220 g/mol. The van der Waals surface area contributed by atoms with Crippen molar-refractivity contribution in [3.8, 4) is 0 Å². The van der Waals surface area contributed by atoms with Crippen molar-refractivity contribution in [3.05, 3.63) is 29.8 Å². The number of hydrogen-bond donors (Lipinski definition) is 1. The van der Waals surface area contributed by atoms with Gasteiger partial charge in [0.1, 0.15) is 6.54 Å². The quantitative estimate of drug-likeness (QED) is 0.791. The summed E-state index contributed by atoms with van der Waals surface area (Å²) in [6, 6.07) is 7.04. The highest BCUT2D eigenvalue weighted by Gasteiger charge is 2.13. The van der Waals surface area contributed by atoms with Crippen LogP contribution in [0.3, 0.4) is 0 Å². The molecule has 92 valence electrons. The molecule has 0 spiro atoms. The Kier molecular flexibility index (Phi) is 4.51. The number of anilines is 1. The molecule has 0 radical (unpaired) electrons. The Hall–Kier alpha value is -2.04. The Morgan fingerprint density at radius 2 is 1.94 bits per heavy atom. The maximum absolute atomic E-state index is 11.8. The zero-order chi connectivity index (χ0) is 12.8. The van der Waals surface area contributed by atoms with Crippen LogP contribution in [-0.4, -0.2) is 44.5 Å². The molecule has 0 bridgehead atoms. The van der Waals surface area contributed by atoms with E-state index in [1.165, 1.54) is 12.0 Å². The predicted octanol–water partition coefficient (Wildman–Crippen LogP) is 0.973. The largest absolute Gasteiger partial charge is 0.468 e. The molecule has 5 heteroatoms. The van der Waals surface area contributed by atoms with Gasteiger partial charge in [0.25, 0.3) is 5.91 Å². The molecule has 0 aliphatic carbocycles. The van der Waals surface area contributed by atoms with Gasteiger partial charge in [-0.2, -0.15) is 0 Å². The summed E-state index contributed by atoms with van der Waals surface area (Å²) in [5.74, 6) is -0.491. The van der Waals surface area contributed by atoms with Crippen molar-refractivity contribution >= 4 is 17.6 Å². The van der Waals surface area contributed by atoms with Gasteiger partial charge in [-0.15, -0.1) is 0 Å². The number of nitrogens with one attached hydrogen (secondary N) is 1. The van der Waals surface area contributed by atoms with E-state index >= 15 is 0 Å². The highest BCUT2D eigenvalue weighted by atomic mass is 16.5. The number of methoxy groups -OCH3 is 1. The number of nitrogens with zero attached hydrogens (tertiary/aromatic N) is 1. The SMILES string of the molecule is COC(=O)CNc1ccccc1C(=O)N(C)C. The van der Waals surface area contributed by atoms with Crippen molar-refractivity contribution in [2.24, 2.45) is 0 Å². The molecule has 0 fully saturated rings. The van der Waals surface area contributed by atoms with Crippen LogP contribution in [0.2, 0.25) is 0 Å². The predicted molar refractivity (Wildman–Crippen MR) is 65.0 cm³/mol. The van der Waals surface area contributed by atoms with E-state index in [0.717, 1.165) is 0 Å². The fourth-order valence-electron chi connectivity index (χ4n) is 1.30. The lowest BCUT2D eigenvalue weighted by molar-refractivity contribution is -0.138. The number of benzene rings is 1. The third kappa shape index (κ3) is 3.48. The summed E-state index contributed by atoms with van der Waals surface area (Å²) in [5, 5.41) is 2.88. The van der Waals surface area contributed by atoms with Gasteiger partial charge in [0, 0.05) is 19.8 Å². The van der Waals surface area contributed by atoms with Gasteiger partial charge >= 0.3 is 5.97 Å². The van der Waals surface area contributed by atoms with E-state index in [-0.39, 0.29) is 18.4 Å². The average molecular weight is 236 g/mol. The monoisotopic (exact) mass is 236 g/mol. The van der Waals surface area contributed by atoms with Gasteiger partial charge < -0.3 is 15.0 Å². The molecule has 1 rings (SSSR count). The number of esters is 1. The van der Waals surface area contributed by atoms with E-state index in [1.807, 2.05) is 0 Å². The smallest absolute Gasteiger partial charge is 0.325 e. The van der Waals surface area contributed by atoms with E-state index in [1.54, 1.807) is 38.4 Å². The Bertz CT molecular complexity index is 416. The summed E-state index contributed by atoms with van der Waals surface area (Å²) < 4.78 is 4.52. The molecule has 17 heavy (non-hydrogen) atoms. The zero-order valence-corrected chi connectivity index (χ0v) is 10.2. The van der Waals surface area contributed by atoms with E-state index in [4.69, 9.17) is 0 Å². The van der Waals surface area contributed by atoms with Crippen molar-refractivity contribution in [2.45, 2.75) is 0 Å². The van der Waals surface area contributed by atoms with Gasteiger partial charge in [0.05, 0.1) is 12.7 Å². The molecule has 0 aliphatic heterocycles. The van der Waals surface area contributed by atoms with Gasteiger partial charge in [-0.05, 0) is 12.1 Å². The van der Waals surface area contributed by atoms with Crippen LogP contribution in [-0.2, 0) is 9.53 Å². The normalized spacial score (nSPS) is 9.59. The minimum atomic E-state index is -0.378. The maximum Gasteiger partial charge on any atom is 0.325 e. The molecular formula is C12H16N2O3. The first kappa shape index (κ1) is 13.0. The van der Waals surface area contributed by atoms with Crippen LogP contribution in [0.1, 0.15) is 10.4 Å². The van der Waals surface area contributed by atoms with Crippen molar-refractivity contribution in [2.75, 3.05) is 33.1 Å². The van der Waals surface area contributed by atoms with Crippen LogP contribution >= 0.6 is 0 Å². The zero-order valence-electron chi connectivity index (χ0n) is 10.2. The second-order valence-corrected chi connectivity index (χ2v) is 3.67. The van der Waals surface area contributed by atoms with Crippen LogP contribution in [0.25, 0.3) is 0 Å². The van der Waals surface area contributed by atoms with Gasteiger partial charge in [0.15, 0.2) is 0 Å². The summed E-state index contributed by atoms with van der Waals surface area (Å²) in [5.41, 5.74) is 1.15. The number of hydrogen-bond acceptors (Lipinski definition) is 4. The molecule has 0 unspecified atom stereocenters. The number of ether oxygens (including phenoxy) is 1. The standard InChI is InChI=1S/C12H16N2O3/c1-14(2)12(16)9-6-4-5-7-10(9)13-8-11(15)17-3/h4-7,13H,8H2,1-3H3. The van der Waals surface area contributed by atoms with Crippen LogP contribution in [0.5, 0.6) is 0 Å². The summed E-state index contributed by atoms with van der Waals surface area (Å²) >= 11 is 0. The summed E-state index contributed by atoms with van der Waals surface area (Å²) in [6.07, 6.45) is 0. The molecule has 1 amide bonds. The fourth-order valence-corrected chi connectivity index (χ4v) is 1.30. The minimum absolute atomic E-state index is 0.0359. The summed E-state index contributed by atoms with van der Waals surface area (Å²) in [7, 11) is 4.68. The molecule has 5 nitrogen and oxygen atoms in total.